The minimum Gasteiger partial charge on any atom is -0.481 e. The van der Waals surface area contributed by atoms with Crippen LogP contribution < -0.4 is 10.1 Å². The predicted octanol–water partition coefficient (Wildman–Crippen LogP) is 5.63. The van der Waals surface area contributed by atoms with Crippen LogP contribution in [0.4, 0.5) is 5.13 Å². The summed E-state index contributed by atoms with van der Waals surface area (Å²) in [5.74, 6) is 0.999. The number of hydrogen-bond acceptors (Lipinski definition) is 6. The summed E-state index contributed by atoms with van der Waals surface area (Å²) >= 11 is 6.62. The molecule has 4 aromatic rings. The molecule has 0 aliphatic rings. The van der Waals surface area contributed by atoms with Crippen LogP contribution >= 0.6 is 23.6 Å². The van der Waals surface area contributed by atoms with Crippen LogP contribution in [0.25, 0.3) is 21.8 Å². The summed E-state index contributed by atoms with van der Waals surface area (Å²) in [4.78, 5) is 18.0. The van der Waals surface area contributed by atoms with Gasteiger partial charge in [0.05, 0.1) is 10.6 Å². The minimum atomic E-state index is -0.699. The molecule has 2 aromatic carbocycles. The van der Waals surface area contributed by atoms with Crippen molar-refractivity contribution in [2.45, 2.75) is 26.5 Å². The summed E-state index contributed by atoms with van der Waals surface area (Å²) in [6, 6.07) is 17.8. The average molecular weight is 478 g/mol. The molecule has 0 saturated carbocycles. The van der Waals surface area contributed by atoms with Gasteiger partial charge in [-0.2, -0.15) is 5.10 Å². The number of thiazole rings is 1. The number of allylic oxidation sites excluding steroid dienone is 1. The normalized spacial score (nSPS) is 11.7. The number of aromatic nitrogens is 4. The number of aromatic amines is 1. The number of carbonyl (C=O) groups is 1. The number of rotatable bonds is 8. The number of aryl methyl sites for hydroxylation is 1. The van der Waals surface area contributed by atoms with Crippen molar-refractivity contribution >= 4 is 34.6 Å². The Morgan fingerprint density at radius 1 is 1.24 bits per heavy atom. The molecular weight excluding hydrogens is 454 g/mol. The second-order valence-corrected chi connectivity index (χ2v) is 8.71. The first-order chi connectivity index (χ1) is 16.0. The number of hydrogen-bond donors (Lipinski definition) is 2. The molecule has 7 nitrogen and oxygen atoms in total. The summed E-state index contributed by atoms with van der Waals surface area (Å²) in [6.07, 6.45) is 1.05. The Morgan fingerprint density at radius 3 is 2.64 bits per heavy atom. The highest BCUT2D eigenvalue weighted by Gasteiger charge is 2.20. The Kier molecular flexibility index (Phi) is 6.81. The molecule has 0 aliphatic heterocycles. The third-order valence-electron chi connectivity index (χ3n) is 4.94. The third-order valence-corrected chi connectivity index (χ3v) is 6.32. The summed E-state index contributed by atoms with van der Waals surface area (Å²) in [5.41, 5.74) is 2.96. The molecule has 1 amide bonds. The Balaban J connectivity index is 1.43. The van der Waals surface area contributed by atoms with Crippen molar-refractivity contribution in [3.63, 3.8) is 0 Å². The number of nitrogens with zero attached hydrogens (tertiary/aromatic N) is 3. The molecule has 0 saturated heterocycles. The molecule has 0 aliphatic carbocycles. The molecule has 0 fully saturated rings. The number of anilines is 1. The second kappa shape index (κ2) is 9.93. The molecule has 2 aromatic heterocycles. The number of ether oxygens (including phenoxy) is 1. The van der Waals surface area contributed by atoms with Gasteiger partial charge in [0.1, 0.15) is 5.75 Å². The van der Waals surface area contributed by atoms with E-state index in [-0.39, 0.29) is 5.91 Å². The first-order valence-electron chi connectivity index (χ1n) is 10.3. The molecule has 0 bridgehead atoms. The van der Waals surface area contributed by atoms with Gasteiger partial charge in [0.25, 0.3) is 5.91 Å². The highest BCUT2D eigenvalue weighted by Crippen LogP contribution is 2.32. The summed E-state index contributed by atoms with van der Waals surface area (Å²) < 4.78 is 8.17. The Morgan fingerprint density at radius 2 is 1.94 bits per heavy atom. The van der Waals surface area contributed by atoms with E-state index in [1.807, 2.05) is 66.1 Å². The molecule has 2 heterocycles. The van der Waals surface area contributed by atoms with Crippen LogP contribution in [-0.2, 0) is 11.3 Å². The minimum absolute atomic E-state index is 0.285. The fraction of sp³-hybridized carbons (Fsp3) is 0.167. The monoisotopic (exact) mass is 477 g/mol. The lowest BCUT2D eigenvalue weighted by molar-refractivity contribution is -0.122. The molecule has 4 rings (SSSR count). The zero-order valence-electron chi connectivity index (χ0n) is 18.2. The number of H-pyrrole nitrogens is 1. The maximum atomic E-state index is 12.7. The van der Waals surface area contributed by atoms with E-state index in [0.29, 0.717) is 28.0 Å². The van der Waals surface area contributed by atoms with Crippen LogP contribution in [0, 0.1) is 11.7 Å². The summed E-state index contributed by atoms with van der Waals surface area (Å²) in [7, 11) is 0. The molecule has 2 N–H and O–H groups in total. The SMILES string of the molecule is C=CCn1c(-c2sc(NC(=O)C(C)Oc3ccc(-c4ccccc4)cc3)nc2C)n[nH]c1=S. The first-order valence-corrected chi connectivity index (χ1v) is 11.6. The number of benzene rings is 2. The average Bonchev–Trinajstić information content (AvgIpc) is 3.36. The Hall–Kier alpha value is -3.56. The number of nitrogens with one attached hydrogen (secondary N) is 2. The van der Waals surface area contributed by atoms with Gasteiger partial charge < -0.3 is 4.74 Å². The van der Waals surface area contributed by atoms with E-state index < -0.39 is 6.10 Å². The van der Waals surface area contributed by atoms with Crippen LogP contribution in [0.3, 0.4) is 0 Å². The standard InChI is InChI=1S/C24H23N5O2S2/c1-4-14-29-21(27-28-24(29)32)20-15(2)25-23(33-20)26-22(30)16(3)31-19-12-10-18(11-13-19)17-8-6-5-7-9-17/h4-13,16H,1,14H2,2-3H3,(H,28,32)(H,25,26,30). The highest BCUT2D eigenvalue weighted by atomic mass is 32.1. The van der Waals surface area contributed by atoms with Gasteiger partial charge in [0.15, 0.2) is 21.8 Å². The fourth-order valence-electron chi connectivity index (χ4n) is 3.27. The van der Waals surface area contributed by atoms with E-state index in [2.05, 4.69) is 27.1 Å². The van der Waals surface area contributed by atoms with Crippen molar-refractivity contribution in [2.75, 3.05) is 5.32 Å². The highest BCUT2D eigenvalue weighted by molar-refractivity contribution is 7.71. The van der Waals surface area contributed by atoms with Gasteiger partial charge in [-0.1, -0.05) is 59.9 Å². The maximum Gasteiger partial charge on any atom is 0.266 e. The van der Waals surface area contributed by atoms with Gasteiger partial charge >= 0.3 is 0 Å². The number of amides is 1. The molecule has 0 spiro atoms. The van der Waals surface area contributed by atoms with Gasteiger partial charge in [-0.25, -0.2) is 4.98 Å². The Bertz CT molecular complexity index is 1320. The third kappa shape index (κ3) is 5.10. The van der Waals surface area contributed by atoms with Crippen LogP contribution in [-0.4, -0.2) is 31.8 Å². The van der Waals surface area contributed by atoms with Crippen LogP contribution in [0.15, 0.2) is 67.3 Å². The van der Waals surface area contributed by atoms with E-state index in [1.165, 1.54) is 11.3 Å². The van der Waals surface area contributed by atoms with Crippen molar-refractivity contribution in [3.8, 4) is 27.6 Å². The second-order valence-electron chi connectivity index (χ2n) is 7.32. The van der Waals surface area contributed by atoms with Crippen LogP contribution in [0.2, 0.25) is 0 Å². The van der Waals surface area contributed by atoms with Crippen molar-refractivity contribution in [1.82, 2.24) is 19.7 Å². The molecule has 9 heteroatoms. The molecule has 1 atom stereocenters. The van der Waals surface area contributed by atoms with Gasteiger partial charge in [-0.15, -0.1) is 6.58 Å². The smallest absolute Gasteiger partial charge is 0.266 e. The molecular formula is C24H23N5O2S2. The van der Waals surface area contributed by atoms with Gasteiger partial charge in [0.2, 0.25) is 0 Å². The van der Waals surface area contributed by atoms with Crippen LogP contribution in [0.5, 0.6) is 5.75 Å². The van der Waals surface area contributed by atoms with Crippen molar-refractivity contribution in [2.24, 2.45) is 0 Å². The quantitative estimate of drug-likeness (QED) is 0.254. The lowest BCUT2D eigenvalue weighted by atomic mass is 10.1. The summed E-state index contributed by atoms with van der Waals surface area (Å²) in [6.45, 7) is 7.86. The predicted molar refractivity (Wildman–Crippen MR) is 134 cm³/mol. The molecule has 0 radical (unpaired) electrons. The molecule has 168 valence electrons. The topological polar surface area (TPSA) is 84.8 Å². The zero-order chi connectivity index (χ0) is 23.4. The van der Waals surface area contributed by atoms with Crippen molar-refractivity contribution < 1.29 is 9.53 Å². The van der Waals surface area contributed by atoms with E-state index >= 15 is 0 Å². The van der Waals surface area contributed by atoms with Crippen molar-refractivity contribution in [1.29, 1.82) is 0 Å². The van der Waals surface area contributed by atoms with Gasteiger partial charge in [-0.05, 0) is 49.3 Å². The Labute approximate surface area is 200 Å². The lowest BCUT2D eigenvalue weighted by Crippen LogP contribution is -2.30. The van der Waals surface area contributed by atoms with E-state index in [1.54, 1.807) is 13.0 Å². The fourth-order valence-corrected chi connectivity index (χ4v) is 4.44. The largest absolute Gasteiger partial charge is 0.481 e. The zero-order valence-corrected chi connectivity index (χ0v) is 19.9. The number of carbonyl (C=O) groups excluding carboxylic acids is 1. The molecule has 33 heavy (non-hydrogen) atoms. The molecule has 1 unspecified atom stereocenters. The van der Waals surface area contributed by atoms with Crippen molar-refractivity contribution in [3.05, 3.63) is 77.7 Å². The van der Waals surface area contributed by atoms with E-state index in [9.17, 15) is 4.79 Å². The summed E-state index contributed by atoms with van der Waals surface area (Å²) in [5, 5.41) is 10.4. The van der Waals surface area contributed by atoms with Gasteiger partial charge in [0, 0.05) is 6.54 Å². The first kappa shape index (κ1) is 22.6. The van der Waals surface area contributed by atoms with E-state index in [0.717, 1.165) is 21.7 Å². The van der Waals surface area contributed by atoms with Crippen LogP contribution in [0.1, 0.15) is 12.6 Å². The lowest BCUT2D eigenvalue weighted by Gasteiger charge is -2.14. The maximum absolute atomic E-state index is 12.7. The van der Waals surface area contributed by atoms with Gasteiger partial charge in [-0.3, -0.25) is 19.8 Å². The van der Waals surface area contributed by atoms with E-state index in [4.69, 9.17) is 17.0 Å².